The van der Waals surface area contributed by atoms with Gasteiger partial charge in [-0.05, 0) is 37.1 Å². The van der Waals surface area contributed by atoms with Gasteiger partial charge in [0.05, 0.1) is 11.2 Å². The molecular weight excluding hydrogens is 298 g/mol. The number of benzene rings is 2. The molecule has 1 aromatic heterocycles. The van der Waals surface area contributed by atoms with E-state index in [1.807, 2.05) is 62.4 Å². The van der Waals surface area contributed by atoms with Gasteiger partial charge in [0.2, 0.25) is 5.91 Å². The molecule has 122 valence electrons. The van der Waals surface area contributed by atoms with Crippen molar-refractivity contribution >= 4 is 28.2 Å². The van der Waals surface area contributed by atoms with Crippen molar-refractivity contribution in [2.75, 3.05) is 17.2 Å². The Bertz CT molecular complexity index is 848. The lowest BCUT2D eigenvalue weighted by atomic mass is 10.1. The molecule has 0 aliphatic heterocycles. The minimum Gasteiger partial charge on any atom is -0.383 e. The van der Waals surface area contributed by atoms with Gasteiger partial charge in [0.25, 0.3) is 0 Å². The van der Waals surface area contributed by atoms with Crippen LogP contribution in [0.25, 0.3) is 10.9 Å². The first-order valence-corrected chi connectivity index (χ1v) is 8.09. The minimum atomic E-state index is 0.00750. The lowest BCUT2D eigenvalue weighted by molar-refractivity contribution is -0.115. The van der Waals surface area contributed by atoms with E-state index in [2.05, 4.69) is 15.6 Å². The fourth-order valence-corrected chi connectivity index (χ4v) is 2.77. The first-order chi connectivity index (χ1) is 11.6. The van der Waals surface area contributed by atoms with Gasteiger partial charge in [0.1, 0.15) is 0 Å². The number of nitrogens with zero attached hydrogens (tertiary/aromatic N) is 1. The predicted molar refractivity (Wildman–Crippen MR) is 99.4 cm³/mol. The quantitative estimate of drug-likeness (QED) is 0.737. The minimum absolute atomic E-state index is 0.00750. The highest BCUT2D eigenvalue weighted by Gasteiger charge is 2.07. The Morgan fingerprint density at radius 2 is 1.71 bits per heavy atom. The summed E-state index contributed by atoms with van der Waals surface area (Å²) in [5, 5.41) is 7.40. The number of fused-ring (bicyclic) bond motifs is 1. The summed E-state index contributed by atoms with van der Waals surface area (Å²) in [6, 6.07) is 16.0. The average Bonchev–Trinajstić information content (AvgIpc) is 2.58. The molecule has 4 heteroatoms. The summed E-state index contributed by atoms with van der Waals surface area (Å²) < 4.78 is 0. The lowest BCUT2D eigenvalue weighted by Gasteiger charge is -2.12. The van der Waals surface area contributed by atoms with Gasteiger partial charge < -0.3 is 10.6 Å². The summed E-state index contributed by atoms with van der Waals surface area (Å²) in [5.41, 5.74) is 4.95. The van der Waals surface area contributed by atoms with Crippen molar-refractivity contribution in [3.63, 3.8) is 0 Å². The third-order valence-corrected chi connectivity index (χ3v) is 4.05. The van der Waals surface area contributed by atoms with Crippen LogP contribution in [-0.2, 0) is 4.79 Å². The lowest BCUT2D eigenvalue weighted by Crippen LogP contribution is -2.17. The standard InChI is InChI=1S/C20H21N3O/c1-14-6-3-7-15(2)19(14)23-18(24)11-13-21-17-10-4-8-16-9-5-12-22-20(16)17/h3-10,12,21H,11,13H2,1-2H3,(H,23,24). The summed E-state index contributed by atoms with van der Waals surface area (Å²) >= 11 is 0. The monoisotopic (exact) mass is 319 g/mol. The van der Waals surface area contributed by atoms with E-state index in [9.17, 15) is 4.79 Å². The topological polar surface area (TPSA) is 54.0 Å². The normalized spacial score (nSPS) is 10.6. The molecule has 0 fully saturated rings. The molecule has 0 aliphatic rings. The molecule has 0 bridgehead atoms. The highest BCUT2D eigenvalue weighted by Crippen LogP contribution is 2.21. The molecule has 4 nitrogen and oxygen atoms in total. The first kappa shape index (κ1) is 16.0. The molecule has 2 aromatic carbocycles. The van der Waals surface area contributed by atoms with E-state index in [-0.39, 0.29) is 5.91 Å². The number of amides is 1. The van der Waals surface area contributed by atoms with Crippen LogP contribution in [0.4, 0.5) is 11.4 Å². The number of anilines is 2. The second kappa shape index (κ2) is 7.13. The van der Waals surface area contributed by atoms with Gasteiger partial charge in [-0.3, -0.25) is 9.78 Å². The van der Waals surface area contributed by atoms with Crippen LogP contribution in [0, 0.1) is 13.8 Å². The summed E-state index contributed by atoms with van der Waals surface area (Å²) in [5.74, 6) is 0.00750. The Morgan fingerprint density at radius 3 is 2.50 bits per heavy atom. The molecule has 0 saturated carbocycles. The summed E-state index contributed by atoms with van der Waals surface area (Å²) in [6.45, 7) is 4.57. The van der Waals surface area contributed by atoms with Crippen molar-refractivity contribution in [1.29, 1.82) is 0 Å². The summed E-state index contributed by atoms with van der Waals surface area (Å²) in [7, 11) is 0. The molecule has 0 radical (unpaired) electrons. The fourth-order valence-electron chi connectivity index (χ4n) is 2.77. The Hall–Kier alpha value is -2.88. The zero-order valence-corrected chi connectivity index (χ0v) is 14.0. The van der Waals surface area contributed by atoms with Crippen LogP contribution in [-0.4, -0.2) is 17.4 Å². The van der Waals surface area contributed by atoms with Crippen LogP contribution in [0.1, 0.15) is 17.5 Å². The van der Waals surface area contributed by atoms with Crippen molar-refractivity contribution in [1.82, 2.24) is 4.98 Å². The Balaban J connectivity index is 1.61. The van der Waals surface area contributed by atoms with Crippen molar-refractivity contribution in [3.8, 4) is 0 Å². The average molecular weight is 319 g/mol. The molecule has 2 N–H and O–H groups in total. The first-order valence-electron chi connectivity index (χ1n) is 8.09. The number of hydrogen-bond acceptors (Lipinski definition) is 3. The van der Waals surface area contributed by atoms with Gasteiger partial charge in [0, 0.05) is 30.2 Å². The van der Waals surface area contributed by atoms with Crippen LogP contribution in [0.3, 0.4) is 0 Å². The van der Waals surface area contributed by atoms with Crippen LogP contribution in [0.5, 0.6) is 0 Å². The number of hydrogen-bond donors (Lipinski definition) is 2. The van der Waals surface area contributed by atoms with Gasteiger partial charge in [-0.1, -0.05) is 36.4 Å². The number of para-hydroxylation sites is 2. The number of nitrogens with one attached hydrogen (secondary N) is 2. The Kier molecular flexibility index (Phi) is 4.75. The van der Waals surface area contributed by atoms with Crippen molar-refractivity contribution < 1.29 is 4.79 Å². The zero-order chi connectivity index (χ0) is 16.9. The van der Waals surface area contributed by atoms with E-state index in [4.69, 9.17) is 0 Å². The molecule has 0 spiro atoms. The molecule has 3 aromatic rings. The van der Waals surface area contributed by atoms with Gasteiger partial charge in [0.15, 0.2) is 0 Å². The highest BCUT2D eigenvalue weighted by atomic mass is 16.1. The van der Waals surface area contributed by atoms with Crippen LogP contribution < -0.4 is 10.6 Å². The second-order valence-electron chi connectivity index (χ2n) is 5.87. The Morgan fingerprint density at radius 1 is 1.00 bits per heavy atom. The van der Waals surface area contributed by atoms with Crippen molar-refractivity contribution in [2.45, 2.75) is 20.3 Å². The van der Waals surface area contributed by atoms with Crippen LogP contribution in [0.15, 0.2) is 54.7 Å². The number of carbonyl (C=O) groups excluding carboxylic acids is 1. The predicted octanol–water partition coefficient (Wildman–Crippen LogP) is 4.29. The SMILES string of the molecule is Cc1cccc(C)c1NC(=O)CCNc1cccc2cccnc12. The number of carbonyl (C=O) groups is 1. The number of rotatable bonds is 5. The maximum absolute atomic E-state index is 12.2. The smallest absolute Gasteiger partial charge is 0.226 e. The van der Waals surface area contributed by atoms with E-state index in [1.165, 1.54) is 0 Å². The van der Waals surface area contributed by atoms with E-state index in [0.717, 1.165) is 33.4 Å². The van der Waals surface area contributed by atoms with E-state index >= 15 is 0 Å². The third-order valence-electron chi connectivity index (χ3n) is 4.05. The maximum Gasteiger partial charge on any atom is 0.226 e. The maximum atomic E-state index is 12.2. The van der Waals surface area contributed by atoms with E-state index in [1.54, 1.807) is 6.20 Å². The molecule has 0 unspecified atom stereocenters. The van der Waals surface area contributed by atoms with Crippen molar-refractivity contribution in [2.24, 2.45) is 0 Å². The van der Waals surface area contributed by atoms with Crippen LogP contribution >= 0.6 is 0 Å². The van der Waals surface area contributed by atoms with Gasteiger partial charge in [-0.25, -0.2) is 0 Å². The second-order valence-corrected chi connectivity index (χ2v) is 5.87. The molecule has 0 aliphatic carbocycles. The summed E-state index contributed by atoms with van der Waals surface area (Å²) in [4.78, 5) is 16.6. The van der Waals surface area contributed by atoms with E-state index < -0.39 is 0 Å². The third kappa shape index (κ3) is 3.54. The molecule has 3 rings (SSSR count). The molecule has 24 heavy (non-hydrogen) atoms. The van der Waals surface area contributed by atoms with Gasteiger partial charge >= 0.3 is 0 Å². The molecule has 0 atom stereocenters. The summed E-state index contributed by atoms with van der Waals surface area (Å²) in [6.07, 6.45) is 2.18. The van der Waals surface area contributed by atoms with Crippen molar-refractivity contribution in [3.05, 3.63) is 65.9 Å². The van der Waals surface area contributed by atoms with Gasteiger partial charge in [-0.15, -0.1) is 0 Å². The largest absolute Gasteiger partial charge is 0.383 e. The van der Waals surface area contributed by atoms with Crippen LogP contribution in [0.2, 0.25) is 0 Å². The number of aryl methyl sites for hydroxylation is 2. The molecule has 0 saturated heterocycles. The zero-order valence-electron chi connectivity index (χ0n) is 14.0. The Labute approximate surface area is 141 Å². The fraction of sp³-hybridized carbons (Fsp3) is 0.200. The van der Waals surface area contributed by atoms with E-state index in [0.29, 0.717) is 13.0 Å². The number of pyridine rings is 1. The molecule has 1 heterocycles. The van der Waals surface area contributed by atoms with Gasteiger partial charge in [-0.2, -0.15) is 0 Å². The molecular formula is C20H21N3O. The highest BCUT2D eigenvalue weighted by molar-refractivity contribution is 5.93. The molecule has 1 amide bonds. The number of aromatic nitrogens is 1.